The minimum atomic E-state index is -1.68. The lowest BCUT2D eigenvalue weighted by Crippen LogP contribution is -2.18. The number of rotatable bonds is 3. The number of aliphatic hydroxyl groups is 2. The lowest BCUT2D eigenvalue weighted by atomic mass is 10.0. The predicted octanol–water partition coefficient (Wildman–Crippen LogP) is -0.202. The van der Waals surface area contributed by atoms with Crippen molar-refractivity contribution in [2.45, 2.75) is 19.1 Å². The maximum Gasteiger partial charge on any atom is 0.314 e. The van der Waals surface area contributed by atoms with Gasteiger partial charge in [0.1, 0.15) is 6.10 Å². The monoisotopic (exact) mass is 238 g/mol. The first-order valence-corrected chi connectivity index (χ1v) is 4.55. The van der Waals surface area contributed by atoms with Crippen LogP contribution in [-0.4, -0.2) is 26.2 Å². The summed E-state index contributed by atoms with van der Waals surface area (Å²) in [5.74, 6) is -0.283. The van der Waals surface area contributed by atoms with Crippen molar-refractivity contribution < 1.29 is 15.1 Å². The molecule has 1 rings (SSSR count). The third kappa shape index (κ3) is 2.30. The van der Waals surface area contributed by atoms with E-state index in [4.69, 9.17) is 16.1 Å². The largest absolute Gasteiger partial charge is 0.384 e. The van der Waals surface area contributed by atoms with E-state index in [-0.39, 0.29) is 16.9 Å². The number of nitrogen functional groups attached to an aromatic ring is 1. The van der Waals surface area contributed by atoms with E-state index in [2.05, 4.69) is 4.98 Å². The molecule has 0 fully saturated rings. The third-order valence-corrected chi connectivity index (χ3v) is 2.31. The van der Waals surface area contributed by atoms with Gasteiger partial charge in [0.2, 0.25) is 5.82 Å². The van der Waals surface area contributed by atoms with E-state index < -0.39 is 22.8 Å². The molecule has 0 aliphatic heterocycles. The molecular weight excluding hydrogens is 228 g/mol. The highest BCUT2D eigenvalue weighted by atomic mass is 16.6. The second-order valence-corrected chi connectivity index (χ2v) is 3.35. The zero-order chi connectivity index (χ0) is 13.2. The molecular formula is C9H10N4O4. The fraction of sp³-hybridized carbons (Fsp3) is 0.333. The lowest BCUT2D eigenvalue weighted by molar-refractivity contribution is -0.384. The average molecular weight is 238 g/mol. The van der Waals surface area contributed by atoms with Gasteiger partial charge in [-0.3, -0.25) is 10.1 Å². The van der Waals surface area contributed by atoms with Crippen molar-refractivity contribution in [2.24, 2.45) is 0 Å². The quantitative estimate of drug-likeness (QED) is 0.375. The topological polar surface area (TPSA) is 146 Å². The molecule has 0 spiro atoms. The van der Waals surface area contributed by atoms with E-state index in [0.717, 1.165) is 6.20 Å². The van der Waals surface area contributed by atoms with Crippen molar-refractivity contribution in [1.29, 1.82) is 5.26 Å². The van der Waals surface area contributed by atoms with Gasteiger partial charge < -0.3 is 15.9 Å². The molecule has 8 nitrogen and oxygen atoms in total. The van der Waals surface area contributed by atoms with Gasteiger partial charge in [0.25, 0.3) is 0 Å². The van der Waals surface area contributed by atoms with E-state index in [1.807, 2.05) is 0 Å². The molecule has 0 aliphatic carbocycles. The van der Waals surface area contributed by atoms with Crippen LogP contribution in [0.25, 0.3) is 0 Å². The highest BCUT2D eigenvalue weighted by Gasteiger charge is 2.26. The molecule has 2 unspecified atom stereocenters. The minimum Gasteiger partial charge on any atom is -0.384 e. The lowest BCUT2D eigenvalue weighted by Gasteiger charge is -2.14. The molecule has 17 heavy (non-hydrogen) atoms. The van der Waals surface area contributed by atoms with Crippen LogP contribution in [0.4, 0.5) is 11.5 Å². The molecule has 0 bridgehead atoms. The van der Waals surface area contributed by atoms with E-state index in [0.29, 0.717) is 0 Å². The fourth-order valence-electron chi connectivity index (χ4n) is 1.40. The summed E-state index contributed by atoms with van der Waals surface area (Å²) < 4.78 is 0. The first-order chi connectivity index (χ1) is 7.90. The van der Waals surface area contributed by atoms with Crippen molar-refractivity contribution in [3.8, 4) is 6.07 Å². The van der Waals surface area contributed by atoms with Crippen LogP contribution < -0.4 is 5.73 Å². The Balaban J connectivity index is 3.34. The van der Waals surface area contributed by atoms with Crippen LogP contribution in [0.5, 0.6) is 0 Å². The van der Waals surface area contributed by atoms with Gasteiger partial charge in [-0.2, -0.15) is 5.26 Å². The Morgan fingerprint density at radius 2 is 2.24 bits per heavy atom. The summed E-state index contributed by atoms with van der Waals surface area (Å²) >= 11 is 0. The minimum absolute atomic E-state index is 0.0000463. The van der Waals surface area contributed by atoms with Crippen molar-refractivity contribution >= 4 is 11.5 Å². The van der Waals surface area contributed by atoms with Gasteiger partial charge in [0.15, 0.2) is 6.10 Å². The summed E-state index contributed by atoms with van der Waals surface area (Å²) in [6.45, 7) is 1.36. The zero-order valence-corrected chi connectivity index (χ0v) is 8.86. The number of nitrogens with zero attached hydrogens (tertiary/aromatic N) is 3. The molecule has 0 aromatic carbocycles. The zero-order valence-electron chi connectivity index (χ0n) is 8.86. The average Bonchev–Trinajstić information content (AvgIpc) is 2.27. The van der Waals surface area contributed by atoms with E-state index in [9.17, 15) is 15.2 Å². The van der Waals surface area contributed by atoms with Crippen LogP contribution >= 0.6 is 0 Å². The number of nitriles is 1. The summed E-state index contributed by atoms with van der Waals surface area (Å²) in [5, 5.41) is 37.9. The van der Waals surface area contributed by atoms with Crippen LogP contribution in [0.2, 0.25) is 0 Å². The molecule has 90 valence electrons. The molecule has 1 heterocycles. The van der Waals surface area contributed by atoms with Gasteiger partial charge in [-0.25, -0.2) is 4.98 Å². The Morgan fingerprint density at radius 1 is 1.65 bits per heavy atom. The van der Waals surface area contributed by atoms with Gasteiger partial charge in [-0.15, -0.1) is 0 Å². The molecule has 0 saturated heterocycles. The van der Waals surface area contributed by atoms with Crippen LogP contribution in [0.1, 0.15) is 17.2 Å². The molecule has 0 aliphatic rings. The fourth-order valence-corrected chi connectivity index (χ4v) is 1.40. The number of nitrogens with two attached hydrogens (primary N) is 1. The number of nitro groups is 1. The molecule has 4 N–H and O–H groups in total. The summed E-state index contributed by atoms with van der Waals surface area (Å²) in [4.78, 5) is 13.6. The summed E-state index contributed by atoms with van der Waals surface area (Å²) in [6.07, 6.45) is -2.14. The molecule has 0 amide bonds. The SMILES string of the molecule is Cc1c(C(O)C(O)C#N)cnc(N)c1[N+](=O)[O-]. The van der Waals surface area contributed by atoms with E-state index >= 15 is 0 Å². The highest BCUT2D eigenvalue weighted by molar-refractivity contribution is 5.59. The van der Waals surface area contributed by atoms with Crippen molar-refractivity contribution in [2.75, 3.05) is 5.73 Å². The van der Waals surface area contributed by atoms with Gasteiger partial charge in [-0.1, -0.05) is 0 Å². The molecule has 0 saturated carbocycles. The number of anilines is 1. The molecule has 2 atom stereocenters. The molecule has 0 radical (unpaired) electrons. The third-order valence-electron chi connectivity index (χ3n) is 2.31. The van der Waals surface area contributed by atoms with Gasteiger partial charge in [0.05, 0.1) is 11.0 Å². The smallest absolute Gasteiger partial charge is 0.314 e. The summed E-state index contributed by atoms with van der Waals surface area (Å²) in [5.41, 5.74) is 4.97. The Morgan fingerprint density at radius 3 is 2.71 bits per heavy atom. The van der Waals surface area contributed by atoms with Crippen molar-refractivity contribution in [1.82, 2.24) is 4.98 Å². The first-order valence-electron chi connectivity index (χ1n) is 4.55. The van der Waals surface area contributed by atoms with E-state index in [1.165, 1.54) is 13.0 Å². The van der Waals surface area contributed by atoms with Crippen molar-refractivity contribution in [3.63, 3.8) is 0 Å². The normalized spacial score (nSPS) is 13.8. The van der Waals surface area contributed by atoms with Crippen LogP contribution in [0, 0.1) is 28.4 Å². The highest BCUT2D eigenvalue weighted by Crippen LogP contribution is 2.30. The van der Waals surface area contributed by atoms with Gasteiger partial charge >= 0.3 is 5.69 Å². The van der Waals surface area contributed by atoms with Crippen LogP contribution in [0.15, 0.2) is 6.20 Å². The maximum atomic E-state index is 10.7. The summed E-state index contributed by atoms with van der Waals surface area (Å²) in [7, 11) is 0. The number of hydrogen-bond acceptors (Lipinski definition) is 7. The van der Waals surface area contributed by atoms with Gasteiger partial charge in [-0.05, 0) is 6.92 Å². The number of aliphatic hydroxyl groups excluding tert-OH is 2. The molecule has 1 aromatic rings. The Bertz CT molecular complexity index is 497. The second kappa shape index (κ2) is 4.73. The van der Waals surface area contributed by atoms with Crippen LogP contribution in [-0.2, 0) is 0 Å². The number of hydrogen-bond donors (Lipinski definition) is 3. The number of pyridine rings is 1. The number of aromatic nitrogens is 1. The van der Waals surface area contributed by atoms with Gasteiger partial charge in [0, 0.05) is 17.3 Å². The molecule has 1 aromatic heterocycles. The Labute approximate surface area is 96.1 Å². The van der Waals surface area contributed by atoms with E-state index in [1.54, 1.807) is 0 Å². The first kappa shape index (κ1) is 12.8. The predicted molar refractivity (Wildman–Crippen MR) is 56.6 cm³/mol. The maximum absolute atomic E-state index is 10.7. The standard InChI is InChI=1S/C9H10N4O4/c1-4-5(8(15)6(14)2-10)3-12-9(11)7(4)13(16)17/h3,6,8,14-15H,1H3,(H2,11,12). The van der Waals surface area contributed by atoms with Crippen molar-refractivity contribution in [3.05, 3.63) is 27.4 Å². The Hall–Kier alpha value is -2.24. The molecule has 8 heteroatoms. The van der Waals surface area contributed by atoms with Crippen LogP contribution in [0.3, 0.4) is 0 Å². The Kier molecular flexibility index (Phi) is 3.57. The second-order valence-electron chi connectivity index (χ2n) is 3.35. The summed E-state index contributed by atoms with van der Waals surface area (Å²) in [6, 6.07) is 1.43.